The molecule has 2 saturated heterocycles. The molecule has 1 aromatic heterocycles. The first kappa shape index (κ1) is 10.0. The Kier molecular flexibility index (Phi) is 2.32. The summed E-state index contributed by atoms with van der Waals surface area (Å²) in [4.78, 5) is 8.61. The van der Waals surface area contributed by atoms with Crippen LogP contribution in [0.15, 0.2) is 18.5 Å². The topological polar surface area (TPSA) is 19.4 Å². The van der Waals surface area contributed by atoms with E-state index in [0.29, 0.717) is 6.04 Å². The maximum atomic E-state index is 13.1. The molecule has 0 aromatic carbocycles. The fourth-order valence-corrected chi connectivity index (χ4v) is 3.07. The second kappa shape index (κ2) is 3.70. The summed E-state index contributed by atoms with van der Waals surface area (Å²) < 4.78 is 13.1. The van der Waals surface area contributed by atoms with Gasteiger partial charge in [-0.1, -0.05) is 0 Å². The lowest BCUT2D eigenvalue weighted by Gasteiger charge is -2.30. The zero-order valence-corrected chi connectivity index (χ0v) is 9.43. The molecule has 0 N–H and O–H groups in total. The van der Waals surface area contributed by atoms with Crippen LogP contribution < -0.4 is 4.90 Å². The van der Waals surface area contributed by atoms with Crippen molar-refractivity contribution >= 4 is 5.69 Å². The predicted molar refractivity (Wildman–Crippen MR) is 60.9 cm³/mol. The molecule has 2 aliphatic heterocycles. The predicted octanol–water partition coefficient (Wildman–Crippen LogP) is 1.36. The molecule has 3 heterocycles. The summed E-state index contributed by atoms with van der Waals surface area (Å²) in [6.07, 6.45) is 4.27. The third-order valence-corrected chi connectivity index (χ3v) is 3.62. The minimum absolute atomic E-state index is 0.243. The van der Waals surface area contributed by atoms with Crippen LogP contribution in [0.2, 0.25) is 0 Å². The Hall–Kier alpha value is -1.16. The van der Waals surface area contributed by atoms with Crippen molar-refractivity contribution in [2.75, 3.05) is 31.6 Å². The number of aromatic nitrogens is 1. The van der Waals surface area contributed by atoms with Crippen molar-refractivity contribution in [3.63, 3.8) is 0 Å². The van der Waals surface area contributed by atoms with Gasteiger partial charge in [0.2, 0.25) is 0 Å². The Morgan fingerprint density at radius 2 is 2.19 bits per heavy atom. The summed E-state index contributed by atoms with van der Waals surface area (Å²) in [6.45, 7) is 3.28. The molecule has 2 atom stereocenters. The summed E-state index contributed by atoms with van der Waals surface area (Å²) in [5.74, 6) is 0.485. The molecule has 0 saturated carbocycles. The van der Waals surface area contributed by atoms with Crippen molar-refractivity contribution in [3.05, 3.63) is 24.3 Å². The average molecular weight is 221 g/mol. The highest BCUT2D eigenvalue weighted by Crippen LogP contribution is 2.32. The van der Waals surface area contributed by atoms with Crippen LogP contribution in [0.3, 0.4) is 0 Å². The Morgan fingerprint density at radius 3 is 3.00 bits per heavy atom. The van der Waals surface area contributed by atoms with E-state index in [9.17, 15) is 4.39 Å². The molecular weight excluding hydrogens is 205 g/mol. The third-order valence-electron chi connectivity index (χ3n) is 3.62. The van der Waals surface area contributed by atoms with Crippen LogP contribution in [0, 0.1) is 11.7 Å². The van der Waals surface area contributed by atoms with Crippen molar-refractivity contribution in [3.8, 4) is 0 Å². The Labute approximate surface area is 94.9 Å². The number of rotatable bonds is 1. The molecule has 2 fully saturated rings. The van der Waals surface area contributed by atoms with Gasteiger partial charge in [0.25, 0.3) is 0 Å². The zero-order chi connectivity index (χ0) is 11.1. The molecule has 2 unspecified atom stereocenters. The number of hydrogen-bond donors (Lipinski definition) is 0. The SMILES string of the molecule is CN1CC2CC(C1)N(c1cncc(F)c1)C2. The third kappa shape index (κ3) is 1.67. The van der Waals surface area contributed by atoms with E-state index in [4.69, 9.17) is 0 Å². The Balaban J connectivity index is 1.86. The highest BCUT2D eigenvalue weighted by atomic mass is 19.1. The number of hydrogen-bond acceptors (Lipinski definition) is 3. The minimum Gasteiger partial charge on any atom is -0.366 e. The number of nitrogens with zero attached hydrogens (tertiary/aromatic N) is 3. The molecule has 0 radical (unpaired) electrons. The van der Waals surface area contributed by atoms with Gasteiger partial charge in [-0.25, -0.2) is 4.39 Å². The van der Waals surface area contributed by atoms with Crippen LogP contribution in [0.5, 0.6) is 0 Å². The molecule has 4 heteroatoms. The molecule has 1 aromatic rings. The van der Waals surface area contributed by atoms with E-state index >= 15 is 0 Å². The van der Waals surface area contributed by atoms with Crippen molar-refractivity contribution in [2.45, 2.75) is 12.5 Å². The van der Waals surface area contributed by atoms with Crippen LogP contribution in [0.4, 0.5) is 10.1 Å². The summed E-state index contributed by atoms with van der Waals surface area (Å²) in [7, 11) is 2.16. The van der Waals surface area contributed by atoms with Crippen LogP contribution in [0.1, 0.15) is 6.42 Å². The van der Waals surface area contributed by atoms with Crippen LogP contribution in [-0.2, 0) is 0 Å². The van der Waals surface area contributed by atoms with Gasteiger partial charge in [-0.3, -0.25) is 4.98 Å². The highest BCUT2D eigenvalue weighted by Gasteiger charge is 2.37. The molecule has 0 spiro atoms. The lowest BCUT2D eigenvalue weighted by molar-refractivity contribution is 0.235. The second-order valence-electron chi connectivity index (χ2n) is 4.99. The van der Waals surface area contributed by atoms with Crippen molar-refractivity contribution < 1.29 is 4.39 Å². The first-order chi connectivity index (χ1) is 7.72. The smallest absolute Gasteiger partial charge is 0.143 e. The van der Waals surface area contributed by atoms with E-state index in [1.165, 1.54) is 12.6 Å². The molecule has 86 valence electrons. The molecule has 2 aliphatic rings. The largest absolute Gasteiger partial charge is 0.366 e. The number of fused-ring (bicyclic) bond motifs is 2. The molecule has 3 nitrogen and oxygen atoms in total. The van der Waals surface area contributed by atoms with Gasteiger partial charge in [-0.15, -0.1) is 0 Å². The van der Waals surface area contributed by atoms with Gasteiger partial charge in [0.05, 0.1) is 18.1 Å². The zero-order valence-electron chi connectivity index (χ0n) is 9.43. The Bertz CT molecular complexity index is 396. The second-order valence-corrected chi connectivity index (χ2v) is 4.99. The van der Waals surface area contributed by atoms with Gasteiger partial charge in [0.15, 0.2) is 0 Å². The number of piperidine rings is 1. The number of anilines is 1. The fourth-order valence-electron chi connectivity index (χ4n) is 3.07. The maximum Gasteiger partial charge on any atom is 0.143 e. The van der Waals surface area contributed by atoms with Gasteiger partial charge in [0, 0.05) is 31.7 Å². The molecule has 2 bridgehead atoms. The standard InChI is InChI=1S/C12H16FN3/c1-15-6-9-2-12(8-15)16(7-9)11-3-10(13)4-14-5-11/h3-5,9,12H,2,6-8H2,1H3. The van der Waals surface area contributed by atoms with E-state index in [1.54, 1.807) is 12.3 Å². The van der Waals surface area contributed by atoms with Crippen molar-refractivity contribution in [2.24, 2.45) is 5.92 Å². The lowest BCUT2D eigenvalue weighted by atomic mass is 10.0. The number of likely N-dealkylation sites (N-methyl/N-ethyl adjacent to an activating group) is 1. The van der Waals surface area contributed by atoms with E-state index < -0.39 is 0 Å². The van der Waals surface area contributed by atoms with Crippen LogP contribution in [0.25, 0.3) is 0 Å². The van der Waals surface area contributed by atoms with E-state index in [2.05, 4.69) is 21.8 Å². The first-order valence-electron chi connectivity index (χ1n) is 5.78. The van der Waals surface area contributed by atoms with Gasteiger partial charge >= 0.3 is 0 Å². The lowest BCUT2D eigenvalue weighted by Crippen LogP contribution is -2.40. The summed E-state index contributed by atoms with van der Waals surface area (Å²) in [5.41, 5.74) is 0.933. The van der Waals surface area contributed by atoms with Gasteiger partial charge in [0.1, 0.15) is 5.82 Å². The molecule has 0 amide bonds. The highest BCUT2D eigenvalue weighted by molar-refractivity contribution is 5.47. The first-order valence-corrected chi connectivity index (χ1v) is 5.78. The number of likely N-dealkylation sites (tertiary alicyclic amines) is 1. The monoisotopic (exact) mass is 221 g/mol. The van der Waals surface area contributed by atoms with Crippen LogP contribution in [-0.4, -0.2) is 42.6 Å². The molecule has 3 rings (SSSR count). The molecule has 0 aliphatic carbocycles. The summed E-state index contributed by atoms with van der Waals surface area (Å²) in [6, 6.07) is 2.13. The average Bonchev–Trinajstić information content (AvgIpc) is 2.54. The Morgan fingerprint density at radius 1 is 1.31 bits per heavy atom. The maximum absolute atomic E-state index is 13.1. The minimum atomic E-state index is -0.243. The van der Waals surface area contributed by atoms with Gasteiger partial charge < -0.3 is 9.80 Å². The summed E-state index contributed by atoms with van der Waals surface area (Å²) >= 11 is 0. The molecular formula is C12H16FN3. The summed E-state index contributed by atoms with van der Waals surface area (Å²) in [5, 5.41) is 0. The number of halogens is 1. The van der Waals surface area contributed by atoms with Crippen molar-refractivity contribution in [1.82, 2.24) is 9.88 Å². The van der Waals surface area contributed by atoms with Gasteiger partial charge in [-0.2, -0.15) is 0 Å². The van der Waals surface area contributed by atoms with Gasteiger partial charge in [-0.05, 0) is 19.4 Å². The quantitative estimate of drug-likeness (QED) is 0.714. The number of pyridine rings is 1. The van der Waals surface area contributed by atoms with E-state index in [0.717, 1.165) is 31.2 Å². The molecule has 16 heavy (non-hydrogen) atoms. The van der Waals surface area contributed by atoms with E-state index in [1.807, 2.05) is 0 Å². The normalized spacial score (nSPS) is 29.8. The fraction of sp³-hybridized carbons (Fsp3) is 0.583. The van der Waals surface area contributed by atoms with Crippen LogP contribution >= 0.6 is 0 Å². The van der Waals surface area contributed by atoms with Crippen molar-refractivity contribution in [1.29, 1.82) is 0 Å². The van der Waals surface area contributed by atoms with E-state index in [-0.39, 0.29) is 5.82 Å².